The lowest BCUT2D eigenvalue weighted by Crippen LogP contribution is -2.14. The van der Waals surface area contributed by atoms with E-state index in [1.165, 1.54) is 21.3 Å². The largest absolute Gasteiger partial charge is 0.416 e. The fourth-order valence-electron chi connectivity index (χ4n) is 0.287. The summed E-state index contributed by atoms with van der Waals surface area (Å²) in [6.07, 6.45) is -22.5. The van der Waals surface area contributed by atoms with Crippen LogP contribution in [0.4, 0.5) is 247 Å². The zero-order chi connectivity index (χ0) is 91.8. The minimum atomic E-state index is -4.62. The smallest absolute Gasteiger partial charge is 0.375 e. The van der Waals surface area contributed by atoms with Crippen molar-refractivity contribution in [3.05, 3.63) is 0 Å². The zero-order valence-corrected chi connectivity index (χ0v) is 53.7. The van der Waals surface area contributed by atoms with Gasteiger partial charge in [-0.2, -0.15) is 100 Å². The molecule has 0 aromatic carbocycles. The first-order valence-corrected chi connectivity index (χ1v) is 20.2. The lowest BCUT2D eigenvalue weighted by Gasteiger charge is -2.01. The van der Waals surface area contributed by atoms with E-state index in [4.69, 9.17) is 0 Å². The summed E-state index contributed by atoms with van der Waals surface area (Å²) in [5.41, 5.74) is 0. The van der Waals surface area contributed by atoms with Gasteiger partial charge in [-0.15, -0.1) is 0 Å². The van der Waals surface area contributed by atoms with Crippen LogP contribution in [0.1, 0.15) is 0 Å². The molecular formula is C37H74F56O11. The summed E-state index contributed by atoms with van der Waals surface area (Å²) in [6, 6.07) is 0. The van der Waals surface area contributed by atoms with E-state index in [0.717, 1.165) is 7.11 Å². The molecule has 11 nitrogen and oxygen atoms in total. The van der Waals surface area contributed by atoms with E-state index in [-0.39, 0.29) is 0 Å². The number of alkyl halides is 49. The van der Waals surface area contributed by atoms with Gasteiger partial charge in [0, 0.05) is 28.4 Å². The molecule has 680 valence electrons. The molecule has 0 heterocycles. The lowest BCUT2D eigenvalue weighted by atomic mass is 10.7. The van der Waals surface area contributed by atoms with Crippen LogP contribution in [0.3, 0.4) is 0 Å². The van der Waals surface area contributed by atoms with E-state index in [1.54, 1.807) is 0 Å². The standard InChI is InChI=1S/C3H5F3O.2C2H2F4O.2C2H2F4.3C2H5FO.5CH2F2O.9CH2F2.6CH3F/c1-7-2-3(4,5)6;2*3-2(4,5)1-7-6;2*3-1-2(4,5)6;3*1-4-2-3;5*2-1-4-3;9*2-1-3;6*1-2/h2H2,1H3;2*1H2;2*1H2;3*2H2,1H3;5*1H2;9*1H2;6*1H3. The first-order chi connectivity index (χ1) is 48.3. The van der Waals surface area contributed by atoms with Crippen LogP contribution in [0.5, 0.6) is 0 Å². The highest BCUT2D eigenvalue weighted by atomic mass is 19.4. The molecule has 0 saturated carbocycles. The molecule has 0 radical (unpaired) electrons. The third-order valence-corrected chi connectivity index (χ3v) is 1.58. The van der Waals surface area contributed by atoms with Gasteiger partial charge in [0.2, 0.25) is 96.7 Å². The van der Waals surface area contributed by atoms with Crippen LogP contribution in [0.15, 0.2) is 0 Å². The predicted molar refractivity (Wildman–Crippen MR) is 254 cm³/mol. The molecular weight excluding hydrogens is 1680 g/mol. The Morgan fingerprint density at radius 2 is 0.240 bits per heavy atom. The van der Waals surface area contributed by atoms with Crippen molar-refractivity contribution in [3.63, 3.8) is 0 Å². The fourth-order valence-corrected chi connectivity index (χ4v) is 0.287. The third kappa shape index (κ3) is 1950. The van der Waals surface area contributed by atoms with Gasteiger partial charge >= 0.3 is 30.9 Å². The maximum atomic E-state index is 10.9. The highest BCUT2D eigenvalue weighted by Gasteiger charge is 2.29. The molecule has 0 amide bonds. The summed E-state index contributed by atoms with van der Waals surface area (Å²) >= 11 is 0. The third-order valence-electron chi connectivity index (χ3n) is 1.58. The van der Waals surface area contributed by atoms with Crippen LogP contribution in [0, 0.1) is 0 Å². The van der Waals surface area contributed by atoms with Gasteiger partial charge in [-0.1, -0.05) is 0 Å². The Bertz CT molecular complexity index is 702. The van der Waals surface area contributed by atoms with Gasteiger partial charge in [0.1, 0.15) is 6.61 Å². The SMILES string of the molecule is CF.CF.CF.CF.CF.CF.COCC(F)(F)F.COCF.COCF.COCF.FCC(F)(F)F.FCC(F)(F)F.FCF.FCF.FCF.FCF.FCF.FCF.FCF.FCF.FCF.FCOF.FCOF.FCOF.FCOF.FCOF.FOCC(F)(F)F.FOCC(F)(F)F. The van der Waals surface area contributed by atoms with Gasteiger partial charge < -0.3 is 18.9 Å². The minimum Gasteiger partial charge on any atom is -0.375 e. The molecule has 104 heavy (non-hydrogen) atoms. The monoisotopic (exact) mass is 1760 g/mol. The van der Waals surface area contributed by atoms with Crippen molar-refractivity contribution in [3.8, 4) is 0 Å². The Hall–Kier alpha value is -4.36. The van der Waals surface area contributed by atoms with E-state index >= 15 is 0 Å². The van der Waals surface area contributed by atoms with Crippen molar-refractivity contribution < 1.29 is 300 Å². The molecule has 0 unspecified atom stereocenters. The van der Waals surface area contributed by atoms with Crippen LogP contribution >= 0.6 is 0 Å². The second-order valence-corrected chi connectivity index (χ2v) is 7.48. The molecule has 0 N–H and O–H groups in total. The fraction of sp³-hybridized carbons (Fsp3) is 1.00. The molecule has 0 rings (SSSR count). The average molecular weight is 1760 g/mol. The quantitative estimate of drug-likeness (QED) is 0.185. The molecule has 0 aliphatic heterocycles. The summed E-state index contributed by atoms with van der Waals surface area (Å²) in [5, 5.41) is 0. The number of hydrogen-bond donors (Lipinski definition) is 0. The van der Waals surface area contributed by atoms with Gasteiger partial charge in [0.15, 0.2) is 47.1 Å². The number of halogens is 56. The van der Waals surface area contributed by atoms with Crippen LogP contribution in [-0.4, -0.2) is 253 Å². The molecule has 0 aromatic rings. The number of methoxy groups -OCH3 is 4. The summed E-state index contributed by atoms with van der Waals surface area (Å²) < 4.78 is 578. The Morgan fingerprint density at radius 3 is 0.240 bits per heavy atom. The minimum absolute atomic E-state index is 0.500. The molecule has 0 spiro atoms. The Kier molecular flexibility index (Phi) is 497. The number of ether oxygens (including phenoxy) is 4. The van der Waals surface area contributed by atoms with Crippen molar-refractivity contribution in [1.29, 1.82) is 0 Å². The first kappa shape index (κ1) is 189. The zero-order valence-electron chi connectivity index (χ0n) is 53.7. The molecule has 0 aromatic heterocycles. The van der Waals surface area contributed by atoms with Crippen molar-refractivity contribution in [2.75, 3.05) is 222 Å². The van der Waals surface area contributed by atoms with E-state index in [0.29, 0.717) is 43.1 Å². The second-order valence-electron chi connectivity index (χ2n) is 7.48. The van der Waals surface area contributed by atoms with Crippen LogP contribution in [0.25, 0.3) is 0 Å². The number of hydrogen-bond acceptors (Lipinski definition) is 11. The molecule has 0 fully saturated rings. The maximum absolute atomic E-state index is 10.9. The summed E-state index contributed by atoms with van der Waals surface area (Å²) in [7, 11) is 7.92. The molecule has 67 heteroatoms. The summed E-state index contributed by atoms with van der Waals surface area (Å²) in [4.78, 5) is 16.4. The highest BCUT2D eigenvalue weighted by molar-refractivity contribution is 4.43. The Balaban J connectivity index is -0.0000000224. The van der Waals surface area contributed by atoms with Crippen LogP contribution in [-0.2, 0) is 53.5 Å². The predicted octanol–water partition coefficient (Wildman–Crippen LogP) is 24.3. The van der Waals surface area contributed by atoms with Gasteiger partial charge in [0.25, 0.3) is 0 Å². The Labute approximate surface area is 554 Å². The highest BCUT2D eigenvalue weighted by Crippen LogP contribution is 2.16. The van der Waals surface area contributed by atoms with E-state index < -0.39 is 181 Å². The van der Waals surface area contributed by atoms with Crippen molar-refractivity contribution in [1.82, 2.24) is 0 Å². The van der Waals surface area contributed by atoms with Gasteiger partial charge in [-0.3, -0.25) is 26.3 Å². The maximum Gasteiger partial charge on any atom is 0.416 e. The molecule has 0 aliphatic rings. The molecule has 0 atom stereocenters. The van der Waals surface area contributed by atoms with Crippen LogP contribution in [0.2, 0.25) is 0 Å². The summed E-state index contributed by atoms with van der Waals surface area (Å²) in [5.74, 6) is 0. The van der Waals surface area contributed by atoms with E-state index in [9.17, 15) is 247 Å². The lowest BCUT2D eigenvalue weighted by molar-refractivity contribution is -0.245. The Morgan fingerprint density at radius 1 is 0.163 bits per heavy atom. The van der Waals surface area contributed by atoms with Gasteiger partial charge in [-0.25, -0.2) is 123 Å². The average Bonchev–Trinajstić information content (AvgIpc) is 1.23. The molecule has 0 aliphatic carbocycles. The second kappa shape index (κ2) is 273. The van der Waals surface area contributed by atoms with Crippen molar-refractivity contribution in [2.45, 2.75) is 30.9 Å². The van der Waals surface area contributed by atoms with Gasteiger partial charge in [-0.05, 0) is 31.7 Å². The van der Waals surface area contributed by atoms with Crippen molar-refractivity contribution >= 4 is 0 Å². The van der Waals surface area contributed by atoms with Crippen molar-refractivity contribution in [2.24, 2.45) is 0 Å². The van der Waals surface area contributed by atoms with Gasteiger partial charge in [0.05, 0.1) is 43.1 Å². The van der Waals surface area contributed by atoms with E-state index in [1.807, 2.05) is 0 Å². The molecule has 0 bridgehead atoms. The van der Waals surface area contributed by atoms with Crippen LogP contribution < -0.4 is 0 Å². The first-order valence-electron chi connectivity index (χ1n) is 20.2. The normalized spacial score (nSPS) is 8.02. The summed E-state index contributed by atoms with van der Waals surface area (Å²) in [6.45, 7) is -33.8. The number of rotatable bonds is 11. The topological polar surface area (TPSA) is 102 Å². The van der Waals surface area contributed by atoms with E-state index in [2.05, 4.69) is 53.5 Å². The molecule has 0 saturated heterocycles.